The topological polar surface area (TPSA) is 144 Å². The van der Waals surface area contributed by atoms with Gasteiger partial charge in [-0.15, -0.1) is 0 Å². The van der Waals surface area contributed by atoms with Crippen molar-refractivity contribution >= 4 is 53.4 Å². The summed E-state index contributed by atoms with van der Waals surface area (Å²) in [7, 11) is 3.00. The predicted molar refractivity (Wildman–Crippen MR) is 152 cm³/mol. The van der Waals surface area contributed by atoms with Crippen molar-refractivity contribution in [1.82, 2.24) is 20.6 Å². The molecule has 0 bridgehead atoms. The van der Waals surface area contributed by atoms with Crippen molar-refractivity contribution in [1.29, 1.82) is 0 Å². The van der Waals surface area contributed by atoms with Gasteiger partial charge in [-0.1, -0.05) is 11.6 Å². The van der Waals surface area contributed by atoms with Crippen LogP contribution in [0.25, 0.3) is 6.08 Å². The first kappa shape index (κ1) is 30.5. The van der Waals surface area contributed by atoms with Gasteiger partial charge in [0.2, 0.25) is 5.95 Å². The molecule has 2 heterocycles. The zero-order valence-corrected chi connectivity index (χ0v) is 24.0. The van der Waals surface area contributed by atoms with Crippen LogP contribution in [0.2, 0.25) is 5.02 Å². The molecule has 0 aliphatic carbocycles. The van der Waals surface area contributed by atoms with Crippen molar-refractivity contribution in [3.05, 3.63) is 40.7 Å². The van der Waals surface area contributed by atoms with E-state index in [1.54, 1.807) is 18.2 Å². The van der Waals surface area contributed by atoms with Crippen molar-refractivity contribution in [3.8, 4) is 5.75 Å². The highest BCUT2D eigenvalue weighted by molar-refractivity contribution is 6.32. The van der Waals surface area contributed by atoms with Gasteiger partial charge >= 0.3 is 6.09 Å². The first-order valence-corrected chi connectivity index (χ1v) is 13.1. The van der Waals surface area contributed by atoms with Gasteiger partial charge in [-0.05, 0) is 57.4 Å². The summed E-state index contributed by atoms with van der Waals surface area (Å²) in [5.74, 6) is 1.01. The summed E-state index contributed by atoms with van der Waals surface area (Å²) in [6.45, 7) is 6.47. The van der Waals surface area contributed by atoms with E-state index in [-0.39, 0.29) is 24.3 Å². The Morgan fingerprint density at radius 1 is 1.20 bits per heavy atom. The molecule has 0 unspecified atom stereocenters. The number of likely N-dealkylation sites (N-methyl/N-ethyl adjacent to an activating group) is 1. The smallest absolute Gasteiger partial charge is 0.407 e. The number of aldehydes is 1. The Labute approximate surface area is 238 Å². The number of nitrogens with one attached hydrogen (secondary N) is 3. The summed E-state index contributed by atoms with van der Waals surface area (Å²) in [6.07, 6.45) is 4.53. The number of nitrogens with zero attached hydrogens (tertiary/aromatic N) is 3. The molecule has 0 spiro atoms. The standard InChI is InChI=1S/C27H35ClN6O6/c1-27(2,3)40-26(37)32-18-6-8-34(9-7-18)25-30-14-22(28)24(33-25)31-19-10-17(11-20(13-19)38-5)12-21(15-35)39-16-23(36)29-4/h10-15,18H,6-9,16H2,1-5H3,(H,29,36)(H,32,37)(H,30,31,33)/b21-12+. The maximum atomic E-state index is 12.1. The van der Waals surface area contributed by atoms with Crippen LogP contribution >= 0.6 is 11.6 Å². The number of piperidine rings is 1. The largest absolute Gasteiger partial charge is 0.497 e. The summed E-state index contributed by atoms with van der Waals surface area (Å²) < 4.78 is 16.0. The van der Waals surface area contributed by atoms with Gasteiger partial charge in [0.15, 0.2) is 24.5 Å². The molecule has 2 aromatic rings. The highest BCUT2D eigenvalue weighted by Crippen LogP contribution is 2.29. The first-order chi connectivity index (χ1) is 19.0. The molecule has 1 fully saturated rings. The van der Waals surface area contributed by atoms with Crippen LogP contribution in [0.4, 0.5) is 22.2 Å². The molecular weight excluding hydrogens is 540 g/mol. The summed E-state index contributed by atoms with van der Waals surface area (Å²) in [5, 5.41) is 8.85. The Balaban J connectivity index is 1.71. The number of benzene rings is 1. The zero-order chi connectivity index (χ0) is 29.3. The fourth-order valence-corrected chi connectivity index (χ4v) is 3.96. The van der Waals surface area contributed by atoms with Gasteiger partial charge in [0.05, 0.1) is 13.3 Å². The van der Waals surface area contributed by atoms with Crippen LogP contribution in [0.15, 0.2) is 30.2 Å². The molecule has 216 valence electrons. The third-order valence-corrected chi connectivity index (χ3v) is 6.01. The zero-order valence-electron chi connectivity index (χ0n) is 23.2. The highest BCUT2D eigenvalue weighted by Gasteiger charge is 2.25. The molecule has 13 heteroatoms. The highest BCUT2D eigenvalue weighted by atomic mass is 35.5. The molecular formula is C27H35ClN6O6. The molecule has 40 heavy (non-hydrogen) atoms. The molecule has 12 nitrogen and oxygen atoms in total. The van der Waals surface area contributed by atoms with E-state index in [1.165, 1.54) is 26.4 Å². The normalized spacial score (nSPS) is 14.2. The van der Waals surface area contributed by atoms with Crippen molar-refractivity contribution in [2.45, 2.75) is 45.3 Å². The van der Waals surface area contributed by atoms with Crippen LogP contribution < -0.4 is 25.6 Å². The Morgan fingerprint density at radius 3 is 2.55 bits per heavy atom. The number of carbonyl (C=O) groups is 3. The van der Waals surface area contributed by atoms with E-state index >= 15 is 0 Å². The molecule has 1 aromatic heterocycles. The number of aromatic nitrogens is 2. The number of hydrogen-bond donors (Lipinski definition) is 3. The molecule has 0 radical (unpaired) electrons. The SMILES string of the molecule is CNC(=O)CO/C(C=O)=C/c1cc(Nc2nc(N3CCC(NC(=O)OC(C)(C)C)CC3)ncc2Cl)cc(OC)c1. The monoisotopic (exact) mass is 574 g/mol. The lowest BCUT2D eigenvalue weighted by molar-refractivity contribution is -0.124. The van der Waals surface area contributed by atoms with Crippen LogP contribution in [-0.2, 0) is 19.1 Å². The van der Waals surface area contributed by atoms with Gasteiger partial charge < -0.3 is 35.1 Å². The fourth-order valence-electron chi connectivity index (χ4n) is 3.82. The summed E-state index contributed by atoms with van der Waals surface area (Å²) in [5.41, 5.74) is 0.627. The third-order valence-electron chi connectivity index (χ3n) is 5.73. The van der Waals surface area contributed by atoms with Gasteiger partial charge in [-0.2, -0.15) is 4.98 Å². The number of carbonyl (C=O) groups excluding carboxylic acids is 3. The third kappa shape index (κ3) is 9.30. The van der Waals surface area contributed by atoms with E-state index < -0.39 is 11.7 Å². The fraction of sp³-hybridized carbons (Fsp3) is 0.444. The first-order valence-electron chi connectivity index (χ1n) is 12.7. The van der Waals surface area contributed by atoms with Crippen LogP contribution in [0, 0.1) is 0 Å². The van der Waals surface area contributed by atoms with Crippen LogP contribution in [0.3, 0.4) is 0 Å². The van der Waals surface area contributed by atoms with E-state index in [0.717, 1.165) is 0 Å². The Bertz CT molecular complexity index is 1240. The Kier molecular flexibility index (Phi) is 10.5. The molecule has 1 aliphatic rings. The van der Waals surface area contributed by atoms with Crippen molar-refractivity contribution < 1.29 is 28.6 Å². The number of ether oxygens (including phenoxy) is 3. The molecule has 0 atom stereocenters. The summed E-state index contributed by atoms with van der Waals surface area (Å²) in [4.78, 5) is 46.1. The number of alkyl carbamates (subject to hydrolysis) is 1. The molecule has 2 amide bonds. The molecule has 1 saturated heterocycles. The number of amides is 2. The Hall–Kier alpha value is -4.06. The van der Waals surface area contributed by atoms with Gasteiger partial charge in [0.25, 0.3) is 5.91 Å². The quantitative estimate of drug-likeness (QED) is 0.218. The number of halogens is 1. The molecule has 3 rings (SSSR count). The molecule has 1 aromatic carbocycles. The number of methoxy groups -OCH3 is 1. The van der Waals surface area contributed by atoms with Crippen molar-refractivity contribution in [3.63, 3.8) is 0 Å². The average molecular weight is 575 g/mol. The van der Waals surface area contributed by atoms with Crippen LogP contribution in [-0.4, -0.2) is 73.8 Å². The Morgan fingerprint density at radius 2 is 1.93 bits per heavy atom. The predicted octanol–water partition coefficient (Wildman–Crippen LogP) is 3.68. The number of hydrogen-bond acceptors (Lipinski definition) is 10. The maximum absolute atomic E-state index is 12.1. The maximum Gasteiger partial charge on any atom is 0.407 e. The molecule has 0 saturated carbocycles. The minimum Gasteiger partial charge on any atom is -0.497 e. The van der Waals surface area contributed by atoms with E-state index in [0.29, 0.717) is 66.0 Å². The second-order valence-electron chi connectivity index (χ2n) is 10.0. The number of anilines is 3. The lowest BCUT2D eigenvalue weighted by Gasteiger charge is -2.33. The second-order valence-corrected chi connectivity index (χ2v) is 10.4. The van der Waals surface area contributed by atoms with Crippen LogP contribution in [0.1, 0.15) is 39.2 Å². The van der Waals surface area contributed by atoms with E-state index in [9.17, 15) is 14.4 Å². The van der Waals surface area contributed by atoms with Crippen LogP contribution in [0.5, 0.6) is 5.75 Å². The van der Waals surface area contributed by atoms with E-state index in [1.807, 2.05) is 25.7 Å². The summed E-state index contributed by atoms with van der Waals surface area (Å²) >= 11 is 6.41. The van der Waals surface area contributed by atoms with Gasteiger partial charge in [-0.3, -0.25) is 9.59 Å². The van der Waals surface area contributed by atoms with E-state index in [2.05, 4.69) is 25.9 Å². The van der Waals surface area contributed by atoms with Crippen molar-refractivity contribution in [2.24, 2.45) is 0 Å². The lowest BCUT2D eigenvalue weighted by atomic mass is 10.1. The number of allylic oxidation sites excluding steroid dienone is 1. The van der Waals surface area contributed by atoms with Gasteiger partial charge in [0, 0.05) is 37.9 Å². The average Bonchev–Trinajstić information content (AvgIpc) is 2.91. The summed E-state index contributed by atoms with van der Waals surface area (Å²) in [6, 6.07) is 5.20. The minimum absolute atomic E-state index is 0.00385. The van der Waals surface area contributed by atoms with E-state index in [4.69, 9.17) is 25.8 Å². The number of rotatable bonds is 10. The minimum atomic E-state index is -0.553. The van der Waals surface area contributed by atoms with Gasteiger partial charge in [-0.25, -0.2) is 9.78 Å². The molecule has 3 N–H and O–H groups in total. The van der Waals surface area contributed by atoms with Gasteiger partial charge in [0.1, 0.15) is 16.4 Å². The lowest BCUT2D eigenvalue weighted by Crippen LogP contribution is -2.46. The van der Waals surface area contributed by atoms with Crippen molar-refractivity contribution in [2.75, 3.05) is 44.1 Å². The molecule has 1 aliphatic heterocycles. The second kappa shape index (κ2) is 13.8.